The maximum Gasteiger partial charge on any atom is 0.270 e. The minimum absolute atomic E-state index is 0.519. The van der Waals surface area contributed by atoms with Crippen LogP contribution in [0, 0.1) is 118 Å². The second kappa shape index (κ2) is 12.2. The first-order valence-electron chi connectivity index (χ1n) is 13.2. The molecule has 0 spiro atoms. The van der Waals surface area contributed by atoms with Crippen molar-refractivity contribution < 1.29 is 17.6 Å². The first kappa shape index (κ1) is 32.6. The van der Waals surface area contributed by atoms with Crippen LogP contribution < -0.4 is 0 Å². The smallest absolute Gasteiger partial charge is 0.237 e. The molecule has 3 aromatic carbocycles. The number of allylic oxidation sites excluding steroid dienone is 7. The van der Waals surface area contributed by atoms with Crippen LogP contribution in [-0.4, -0.2) is 0 Å². The lowest BCUT2D eigenvalue weighted by molar-refractivity contribution is 0.504. The van der Waals surface area contributed by atoms with Gasteiger partial charge in [-0.05, 0) is 28.8 Å². The standard InChI is InChI=1S/C36H4F4N10/c1-47-21-8-7-17(34(39)35(21)40)28-31(23(14-46)49-3)27-20(12-44)26-25(19(11-43)29(27)36(28)50-4)18(10-42)24(30(26)22(13-45)48-2)16-6-5-15(9-41)32(37)33(16)38/h5-8H/b30-22-,31-23-. The minimum atomic E-state index is -1.69. The highest BCUT2D eigenvalue weighted by Gasteiger charge is 2.44. The molecule has 0 aromatic heterocycles. The average Bonchev–Trinajstić information content (AvgIpc) is 3.64. The van der Waals surface area contributed by atoms with E-state index in [1.54, 1.807) is 30.3 Å². The van der Waals surface area contributed by atoms with Gasteiger partial charge in [-0.15, -0.1) is 0 Å². The van der Waals surface area contributed by atoms with Crippen molar-refractivity contribution in [3.05, 3.63) is 155 Å². The molecule has 0 fully saturated rings. The Labute approximate surface area is 279 Å². The molecule has 0 heterocycles. The number of nitrogens with zero attached hydrogens (tertiary/aromatic N) is 10. The van der Waals surface area contributed by atoms with E-state index in [1.807, 2.05) is 0 Å². The Morgan fingerprint density at radius 2 is 1.06 bits per heavy atom. The molecule has 5 rings (SSSR count). The van der Waals surface area contributed by atoms with Gasteiger partial charge in [-0.25, -0.2) is 47.5 Å². The van der Waals surface area contributed by atoms with Crippen molar-refractivity contribution >= 4 is 39.2 Å². The van der Waals surface area contributed by atoms with Gasteiger partial charge >= 0.3 is 0 Å². The third-order valence-electron chi connectivity index (χ3n) is 7.75. The van der Waals surface area contributed by atoms with Crippen LogP contribution in [0.4, 0.5) is 23.2 Å². The van der Waals surface area contributed by atoms with Gasteiger partial charge in [-0.2, -0.15) is 21.0 Å². The van der Waals surface area contributed by atoms with Crippen LogP contribution in [0.1, 0.15) is 50.1 Å². The Kier molecular flexibility index (Phi) is 7.97. The van der Waals surface area contributed by atoms with Gasteiger partial charge in [0.25, 0.3) is 11.4 Å². The molecule has 2 aliphatic carbocycles. The molecule has 14 heteroatoms. The van der Waals surface area contributed by atoms with E-state index in [0.29, 0.717) is 0 Å². The number of nitriles is 6. The molecule has 0 atom stereocenters. The number of rotatable bonds is 2. The average molecular weight is 652 g/mol. The van der Waals surface area contributed by atoms with Crippen LogP contribution in [0.3, 0.4) is 0 Å². The van der Waals surface area contributed by atoms with E-state index in [-0.39, 0.29) is 0 Å². The summed E-state index contributed by atoms with van der Waals surface area (Å²) in [5.41, 5.74) is -12.0. The van der Waals surface area contributed by atoms with Crippen LogP contribution >= 0.6 is 0 Å². The van der Waals surface area contributed by atoms with Crippen LogP contribution in [0.5, 0.6) is 0 Å². The summed E-state index contributed by atoms with van der Waals surface area (Å²) < 4.78 is 61.2. The number of hydrogen-bond acceptors (Lipinski definition) is 6. The molecular weight excluding hydrogens is 648 g/mol. The van der Waals surface area contributed by atoms with E-state index >= 15 is 8.78 Å². The molecule has 3 aromatic rings. The van der Waals surface area contributed by atoms with Gasteiger partial charge in [0, 0.05) is 39.0 Å². The van der Waals surface area contributed by atoms with Gasteiger partial charge < -0.3 is 0 Å². The molecule has 226 valence electrons. The largest absolute Gasteiger partial charge is 0.270 e. The fourth-order valence-electron chi connectivity index (χ4n) is 5.85. The third-order valence-corrected chi connectivity index (χ3v) is 7.75. The molecule has 0 unspecified atom stereocenters. The monoisotopic (exact) mass is 652 g/mol. The van der Waals surface area contributed by atoms with Gasteiger partial charge in [0.05, 0.1) is 66.8 Å². The van der Waals surface area contributed by atoms with Crippen molar-refractivity contribution in [1.82, 2.24) is 0 Å². The molecule has 0 bridgehead atoms. The van der Waals surface area contributed by atoms with Gasteiger partial charge in [-0.3, -0.25) is 0 Å². The summed E-state index contributed by atoms with van der Waals surface area (Å²) in [7, 11) is 0. The maximum atomic E-state index is 15.6. The maximum absolute atomic E-state index is 15.6. The Bertz CT molecular complexity index is 2590. The summed E-state index contributed by atoms with van der Waals surface area (Å²) in [6.45, 7) is 30.5. The zero-order valence-electron chi connectivity index (χ0n) is 24.3. The summed E-state index contributed by atoms with van der Waals surface area (Å²) in [6.07, 6.45) is 0. The molecular formula is C36H4F4N10. The fourth-order valence-corrected chi connectivity index (χ4v) is 5.85. The molecule has 2 aliphatic rings. The highest BCUT2D eigenvalue weighted by atomic mass is 19.2. The highest BCUT2D eigenvalue weighted by molar-refractivity contribution is 6.31. The third kappa shape index (κ3) is 4.17. The van der Waals surface area contributed by atoms with Crippen LogP contribution in [0.2, 0.25) is 0 Å². The zero-order valence-corrected chi connectivity index (χ0v) is 24.3. The van der Waals surface area contributed by atoms with Crippen molar-refractivity contribution in [2.24, 2.45) is 0 Å². The van der Waals surface area contributed by atoms with Gasteiger partial charge in [0.15, 0.2) is 23.3 Å². The highest BCUT2D eigenvalue weighted by Crippen LogP contribution is 2.59. The van der Waals surface area contributed by atoms with Crippen LogP contribution in [0.25, 0.3) is 52.9 Å². The molecule has 0 saturated heterocycles. The predicted octanol–water partition coefficient (Wildman–Crippen LogP) is 7.97. The minimum Gasteiger partial charge on any atom is -0.237 e. The summed E-state index contributed by atoms with van der Waals surface area (Å²) >= 11 is 0. The Morgan fingerprint density at radius 1 is 0.540 bits per heavy atom. The number of fused-ring (bicyclic) bond motifs is 2. The van der Waals surface area contributed by atoms with Crippen molar-refractivity contribution in [2.75, 3.05) is 0 Å². The predicted molar refractivity (Wildman–Crippen MR) is 164 cm³/mol. The first-order chi connectivity index (χ1) is 24.1. The normalized spacial score (nSPS) is 14.1. The fraction of sp³-hybridized carbons (Fsp3) is 0. The van der Waals surface area contributed by atoms with Crippen LogP contribution in [0.15, 0.2) is 35.7 Å². The van der Waals surface area contributed by atoms with E-state index in [1.165, 1.54) is 6.07 Å². The van der Waals surface area contributed by atoms with Gasteiger partial charge in [0.1, 0.15) is 18.2 Å². The quantitative estimate of drug-likeness (QED) is 0.155. The summed E-state index contributed by atoms with van der Waals surface area (Å²) in [5.74, 6) is -6.66. The SMILES string of the molecule is [C-]#[N+]C1=C(c2ccc([N+]#[C-])c(F)c2F)/C(=C(/C#N)[N+]#[C-])c2c(C#N)c3c(c(C#N)c21)C(C#N)=C(c1ccc(C#N)c(F)c1F)/C3=C(\C#N)[N+]#[C-]. The summed E-state index contributed by atoms with van der Waals surface area (Å²) in [4.78, 5) is 12.5. The second-order valence-corrected chi connectivity index (χ2v) is 9.84. The van der Waals surface area contributed by atoms with Crippen molar-refractivity contribution in [3.63, 3.8) is 0 Å². The molecule has 0 amide bonds. The Morgan fingerprint density at radius 3 is 1.56 bits per heavy atom. The first-order valence-corrected chi connectivity index (χ1v) is 13.2. The molecule has 0 radical (unpaired) electrons. The van der Waals surface area contributed by atoms with Crippen molar-refractivity contribution in [3.8, 4) is 36.4 Å². The Hall–Kier alpha value is -8.76. The molecule has 50 heavy (non-hydrogen) atoms. The van der Waals surface area contributed by atoms with E-state index in [4.69, 9.17) is 26.3 Å². The second-order valence-electron chi connectivity index (χ2n) is 9.84. The zero-order chi connectivity index (χ0) is 36.6. The lowest BCUT2D eigenvalue weighted by Gasteiger charge is -2.17. The molecule has 0 aliphatic heterocycles. The Balaban J connectivity index is 2.14. The molecule has 0 N–H and O–H groups in total. The van der Waals surface area contributed by atoms with Crippen molar-refractivity contribution in [1.29, 1.82) is 31.6 Å². The number of hydrogen-bond donors (Lipinski definition) is 0. The molecule has 0 saturated carbocycles. The lowest BCUT2D eigenvalue weighted by atomic mass is 9.83. The van der Waals surface area contributed by atoms with E-state index in [0.717, 1.165) is 24.3 Å². The van der Waals surface area contributed by atoms with E-state index < -0.39 is 124 Å². The van der Waals surface area contributed by atoms with Gasteiger partial charge in [0.2, 0.25) is 11.4 Å². The lowest BCUT2D eigenvalue weighted by Crippen LogP contribution is -2.05. The van der Waals surface area contributed by atoms with E-state index in [2.05, 4.69) is 19.4 Å². The van der Waals surface area contributed by atoms with Crippen LogP contribution in [-0.2, 0) is 0 Å². The number of benzene rings is 3. The topological polar surface area (TPSA) is 160 Å². The number of halogens is 4. The van der Waals surface area contributed by atoms with Gasteiger partial charge in [-0.1, -0.05) is 12.1 Å². The summed E-state index contributed by atoms with van der Waals surface area (Å²) in [6, 6.07) is 13.3. The summed E-state index contributed by atoms with van der Waals surface area (Å²) in [5, 5.41) is 60.8. The van der Waals surface area contributed by atoms with E-state index in [9.17, 15) is 40.4 Å². The van der Waals surface area contributed by atoms with Crippen molar-refractivity contribution in [2.45, 2.75) is 0 Å². The molecule has 10 nitrogen and oxygen atoms in total.